The largest absolute Gasteiger partial charge is 0.394 e. The third-order valence-electron chi connectivity index (χ3n) is 3.38. The van der Waals surface area contributed by atoms with E-state index >= 15 is 0 Å². The Morgan fingerprint density at radius 3 is 2.50 bits per heavy atom. The summed E-state index contributed by atoms with van der Waals surface area (Å²) in [5, 5.41) is 21.2. The third kappa shape index (κ3) is 2.72. The number of nitrogens with one attached hydrogen (secondary N) is 1. The van der Waals surface area contributed by atoms with Gasteiger partial charge in [0.1, 0.15) is 0 Å². The minimum atomic E-state index is -0.903. The molecule has 1 aliphatic rings. The van der Waals surface area contributed by atoms with Crippen LogP contribution in [0.5, 0.6) is 0 Å². The van der Waals surface area contributed by atoms with Gasteiger partial charge in [-0.2, -0.15) is 0 Å². The van der Waals surface area contributed by atoms with Crippen molar-refractivity contribution in [3.05, 3.63) is 0 Å². The molecule has 5 heteroatoms. The van der Waals surface area contributed by atoms with Crippen molar-refractivity contribution in [3.8, 4) is 0 Å². The molecule has 1 aliphatic heterocycles. The number of hydrogen-bond donors (Lipinski definition) is 3. The molecule has 1 amide bonds. The highest BCUT2D eigenvalue weighted by Gasteiger charge is 2.36. The highest BCUT2D eigenvalue weighted by atomic mass is 16.5. The van der Waals surface area contributed by atoms with Gasteiger partial charge in [-0.25, -0.2) is 0 Å². The van der Waals surface area contributed by atoms with Crippen molar-refractivity contribution >= 4 is 5.91 Å². The molecule has 3 N–H and O–H groups in total. The van der Waals surface area contributed by atoms with Crippen molar-refractivity contribution < 1.29 is 19.7 Å². The monoisotopic (exact) mass is 231 g/mol. The minimum absolute atomic E-state index is 0.0908. The second-order valence-corrected chi connectivity index (χ2v) is 4.41. The summed E-state index contributed by atoms with van der Waals surface area (Å²) >= 11 is 0. The van der Waals surface area contributed by atoms with Gasteiger partial charge in [0.05, 0.1) is 30.8 Å². The number of ether oxygens (including phenoxy) is 1. The van der Waals surface area contributed by atoms with Gasteiger partial charge in [-0.05, 0) is 19.8 Å². The number of hydrogen-bond acceptors (Lipinski definition) is 4. The predicted octanol–water partition coefficient (Wildman–Crippen LogP) is -0.339. The standard InChI is InChI=1S/C11H21NO4/c1-3-11(6-13,7-14)12-10(15)9-4-5-16-8(9)2/h8-9,13-14H,3-7H2,1-2H3,(H,12,15). The van der Waals surface area contributed by atoms with Crippen LogP contribution in [0.1, 0.15) is 26.7 Å². The summed E-state index contributed by atoms with van der Waals surface area (Å²) in [4.78, 5) is 11.9. The van der Waals surface area contributed by atoms with Gasteiger partial charge in [0.25, 0.3) is 0 Å². The molecule has 94 valence electrons. The van der Waals surface area contributed by atoms with Crippen LogP contribution in [0, 0.1) is 5.92 Å². The van der Waals surface area contributed by atoms with Gasteiger partial charge < -0.3 is 20.3 Å². The maximum Gasteiger partial charge on any atom is 0.226 e. The maximum atomic E-state index is 11.9. The second-order valence-electron chi connectivity index (χ2n) is 4.41. The lowest BCUT2D eigenvalue weighted by Gasteiger charge is -2.31. The van der Waals surface area contributed by atoms with E-state index in [2.05, 4.69) is 5.32 Å². The van der Waals surface area contributed by atoms with Crippen LogP contribution in [0.3, 0.4) is 0 Å². The summed E-state index contributed by atoms with van der Waals surface area (Å²) in [5.74, 6) is -0.320. The van der Waals surface area contributed by atoms with Gasteiger partial charge in [0, 0.05) is 6.61 Å². The van der Waals surface area contributed by atoms with Crippen LogP contribution in [0.15, 0.2) is 0 Å². The zero-order valence-corrected chi connectivity index (χ0v) is 9.90. The molecule has 0 saturated carbocycles. The molecule has 16 heavy (non-hydrogen) atoms. The molecule has 0 radical (unpaired) electrons. The molecule has 0 aromatic heterocycles. The van der Waals surface area contributed by atoms with E-state index in [1.165, 1.54) is 0 Å². The average Bonchev–Trinajstić information content (AvgIpc) is 2.72. The van der Waals surface area contributed by atoms with Crippen molar-refractivity contribution in [2.75, 3.05) is 19.8 Å². The highest BCUT2D eigenvalue weighted by molar-refractivity contribution is 5.80. The normalized spacial score (nSPS) is 25.8. The SMILES string of the molecule is CCC(CO)(CO)NC(=O)C1CCOC1C. The number of carbonyl (C=O) groups is 1. The van der Waals surface area contributed by atoms with E-state index in [4.69, 9.17) is 4.74 Å². The maximum absolute atomic E-state index is 11.9. The molecule has 0 aliphatic carbocycles. The molecule has 1 fully saturated rings. The minimum Gasteiger partial charge on any atom is -0.394 e. The first-order valence-electron chi connectivity index (χ1n) is 5.74. The van der Waals surface area contributed by atoms with Crippen LogP contribution in [0.2, 0.25) is 0 Å². The van der Waals surface area contributed by atoms with Crippen molar-refractivity contribution in [1.82, 2.24) is 5.32 Å². The van der Waals surface area contributed by atoms with Gasteiger partial charge in [0.2, 0.25) is 5.91 Å². The van der Waals surface area contributed by atoms with E-state index in [1.807, 2.05) is 13.8 Å². The Labute approximate surface area is 95.8 Å². The van der Waals surface area contributed by atoms with Gasteiger partial charge >= 0.3 is 0 Å². The van der Waals surface area contributed by atoms with Crippen LogP contribution < -0.4 is 5.32 Å². The fraction of sp³-hybridized carbons (Fsp3) is 0.909. The van der Waals surface area contributed by atoms with Crippen molar-refractivity contribution in [2.45, 2.75) is 38.3 Å². The third-order valence-corrected chi connectivity index (χ3v) is 3.38. The van der Waals surface area contributed by atoms with E-state index in [1.54, 1.807) is 0 Å². The smallest absolute Gasteiger partial charge is 0.226 e. The van der Waals surface area contributed by atoms with Crippen molar-refractivity contribution in [1.29, 1.82) is 0 Å². The van der Waals surface area contributed by atoms with Crippen LogP contribution in [0.4, 0.5) is 0 Å². The Hall–Kier alpha value is -0.650. The van der Waals surface area contributed by atoms with Gasteiger partial charge in [-0.15, -0.1) is 0 Å². The second kappa shape index (κ2) is 5.61. The predicted molar refractivity (Wildman–Crippen MR) is 58.9 cm³/mol. The number of aliphatic hydroxyl groups excluding tert-OH is 2. The average molecular weight is 231 g/mol. The van der Waals surface area contributed by atoms with Crippen molar-refractivity contribution in [3.63, 3.8) is 0 Å². The number of carbonyl (C=O) groups excluding carboxylic acids is 1. The molecule has 0 spiro atoms. The summed E-state index contributed by atoms with van der Waals surface area (Å²) < 4.78 is 5.32. The van der Waals surface area contributed by atoms with Crippen LogP contribution >= 0.6 is 0 Å². The molecule has 0 bridgehead atoms. The van der Waals surface area contributed by atoms with E-state index in [-0.39, 0.29) is 31.1 Å². The summed E-state index contributed by atoms with van der Waals surface area (Å²) in [6, 6.07) is 0. The first-order valence-corrected chi connectivity index (χ1v) is 5.74. The first kappa shape index (κ1) is 13.4. The number of amides is 1. The first-order chi connectivity index (χ1) is 7.58. The fourth-order valence-corrected chi connectivity index (χ4v) is 1.87. The Balaban J connectivity index is 2.61. The highest BCUT2D eigenvalue weighted by Crippen LogP contribution is 2.22. The zero-order chi connectivity index (χ0) is 12.2. The van der Waals surface area contributed by atoms with Crippen LogP contribution in [0.25, 0.3) is 0 Å². The van der Waals surface area contributed by atoms with Gasteiger partial charge in [-0.1, -0.05) is 6.92 Å². The summed E-state index contributed by atoms with van der Waals surface area (Å²) in [6.45, 7) is 3.77. The molecule has 2 unspecified atom stereocenters. The lowest BCUT2D eigenvalue weighted by molar-refractivity contribution is -0.129. The van der Waals surface area contributed by atoms with E-state index in [9.17, 15) is 15.0 Å². The molecular weight excluding hydrogens is 210 g/mol. The Kier molecular flexibility index (Phi) is 4.70. The molecular formula is C11H21NO4. The Bertz CT molecular complexity index is 232. The fourth-order valence-electron chi connectivity index (χ4n) is 1.87. The van der Waals surface area contributed by atoms with E-state index in [0.717, 1.165) is 0 Å². The quantitative estimate of drug-likeness (QED) is 0.605. The Morgan fingerprint density at radius 2 is 2.12 bits per heavy atom. The molecule has 0 aromatic rings. The summed E-state index contributed by atoms with van der Waals surface area (Å²) in [5.41, 5.74) is -0.903. The topological polar surface area (TPSA) is 78.8 Å². The van der Waals surface area contributed by atoms with Gasteiger partial charge in [0.15, 0.2) is 0 Å². The van der Waals surface area contributed by atoms with Crippen LogP contribution in [-0.4, -0.2) is 47.6 Å². The summed E-state index contributed by atoms with van der Waals surface area (Å²) in [6.07, 6.45) is 1.10. The van der Waals surface area contributed by atoms with Crippen LogP contribution in [-0.2, 0) is 9.53 Å². The number of aliphatic hydroxyl groups is 2. The van der Waals surface area contributed by atoms with Crippen molar-refractivity contribution in [2.24, 2.45) is 5.92 Å². The Morgan fingerprint density at radius 1 is 1.50 bits per heavy atom. The molecule has 2 atom stereocenters. The lowest BCUT2D eigenvalue weighted by Crippen LogP contribution is -2.55. The van der Waals surface area contributed by atoms with Gasteiger partial charge in [-0.3, -0.25) is 4.79 Å². The molecule has 1 rings (SSSR count). The van der Waals surface area contributed by atoms with E-state index in [0.29, 0.717) is 19.4 Å². The number of rotatable bonds is 5. The molecule has 0 aromatic carbocycles. The summed E-state index contributed by atoms with van der Waals surface area (Å²) in [7, 11) is 0. The zero-order valence-electron chi connectivity index (χ0n) is 9.90. The molecule has 5 nitrogen and oxygen atoms in total. The lowest BCUT2D eigenvalue weighted by atomic mass is 9.95. The molecule has 1 heterocycles. The van der Waals surface area contributed by atoms with E-state index < -0.39 is 5.54 Å². The molecule has 1 saturated heterocycles.